The smallest absolute Gasteiger partial charge is 0.263 e. The third kappa shape index (κ3) is 4.24. The fourth-order valence-electron chi connectivity index (χ4n) is 3.73. The number of fused-ring (bicyclic) bond motifs is 1. The Hall–Kier alpha value is -3.78. The summed E-state index contributed by atoms with van der Waals surface area (Å²) in [7, 11) is -1.76. The number of nitrogens with zero attached hydrogens (tertiary/aromatic N) is 4. The highest BCUT2D eigenvalue weighted by atomic mass is 32.2. The lowest BCUT2D eigenvalue weighted by Gasteiger charge is -2.17. The summed E-state index contributed by atoms with van der Waals surface area (Å²) in [6, 6.07) is 8.26. The van der Waals surface area contributed by atoms with E-state index in [4.69, 9.17) is 10.00 Å². The Balaban J connectivity index is 1.58. The molecule has 0 spiro atoms. The fourth-order valence-corrected chi connectivity index (χ4v) is 5.31. The molecular formula is C23H23N5O5S. The first-order valence-electron chi connectivity index (χ1n) is 10.7. The second kappa shape index (κ2) is 8.87. The highest BCUT2D eigenvalue weighted by Gasteiger charge is 2.54. The molecule has 1 fully saturated rings. The van der Waals surface area contributed by atoms with E-state index in [2.05, 4.69) is 15.3 Å². The monoisotopic (exact) mass is 481 g/mol. The first kappa shape index (κ1) is 23.4. The van der Waals surface area contributed by atoms with Gasteiger partial charge in [0.15, 0.2) is 9.84 Å². The number of amides is 1. The van der Waals surface area contributed by atoms with Crippen LogP contribution in [0.15, 0.2) is 41.5 Å². The summed E-state index contributed by atoms with van der Waals surface area (Å²) in [6.45, 7) is 1.71. The molecule has 1 aliphatic rings. The molecule has 10 nitrogen and oxygen atoms in total. The molecule has 34 heavy (non-hydrogen) atoms. The van der Waals surface area contributed by atoms with E-state index in [1.165, 1.54) is 30.1 Å². The predicted molar refractivity (Wildman–Crippen MR) is 124 cm³/mol. The van der Waals surface area contributed by atoms with Crippen LogP contribution in [0.3, 0.4) is 0 Å². The van der Waals surface area contributed by atoms with E-state index in [0.29, 0.717) is 29.3 Å². The molecule has 0 radical (unpaired) electrons. The van der Waals surface area contributed by atoms with Crippen LogP contribution in [0.4, 0.5) is 0 Å². The molecule has 0 bridgehead atoms. The summed E-state index contributed by atoms with van der Waals surface area (Å²) < 4.78 is 31.0. The largest absolute Gasteiger partial charge is 0.474 e. The van der Waals surface area contributed by atoms with Gasteiger partial charge in [0.05, 0.1) is 0 Å². The zero-order valence-electron chi connectivity index (χ0n) is 18.7. The summed E-state index contributed by atoms with van der Waals surface area (Å²) in [6.07, 6.45) is 4.04. The fraction of sp³-hybridized carbons (Fsp3) is 0.348. The maximum atomic E-state index is 13.0. The van der Waals surface area contributed by atoms with Crippen LogP contribution >= 0.6 is 0 Å². The van der Waals surface area contributed by atoms with Gasteiger partial charge in [0.1, 0.15) is 34.2 Å². The van der Waals surface area contributed by atoms with Crippen molar-refractivity contribution in [3.8, 4) is 11.9 Å². The minimum absolute atomic E-state index is 0.0365. The van der Waals surface area contributed by atoms with Crippen molar-refractivity contribution in [3.05, 3.63) is 63.8 Å². The average Bonchev–Trinajstić information content (AvgIpc) is 3.65. The lowest BCUT2D eigenvalue weighted by molar-refractivity contribution is 0.0949. The van der Waals surface area contributed by atoms with Gasteiger partial charge >= 0.3 is 0 Å². The predicted octanol–water partition coefficient (Wildman–Crippen LogP) is 1.48. The van der Waals surface area contributed by atoms with Gasteiger partial charge in [-0.05, 0) is 36.6 Å². The highest BCUT2D eigenvalue weighted by Crippen LogP contribution is 2.44. The highest BCUT2D eigenvalue weighted by molar-refractivity contribution is 7.93. The third-order valence-electron chi connectivity index (χ3n) is 6.05. The van der Waals surface area contributed by atoms with Crippen molar-refractivity contribution in [2.24, 2.45) is 7.05 Å². The Morgan fingerprint density at radius 1 is 1.29 bits per heavy atom. The van der Waals surface area contributed by atoms with Crippen LogP contribution in [0, 0.1) is 11.3 Å². The van der Waals surface area contributed by atoms with E-state index >= 15 is 0 Å². The van der Waals surface area contributed by atoms with Crippen molar-refractivity contribution >= 4 is 26.6 Å². The topological polar surface area (TPSA) is 144 Å². The summed E-state index contributed by atoms with van der Waals surface area (Å²) >= 11 is 0. The van der Waals surface area contributed by atoms with Gasteiger partial charge in [-0.15, -0.1) is 0 Å². The first-order valence-corrected chi connectivity index (χ1v) is 12.3. The van der Waals surface area contributed by atoms with Crippen molar-refractivity contribution in [3.63, 3.8) is 0 Å². The lowest BCUT2D eigenvalue weighted by atomic mass is 10.1. The van der Waals surface area contributed by atoms with Gasteiger partial charge in [-0.3, -0.25) is 9.59 Å². The molecule has 0 unspecified atom stereocenters. The minimum atomic E-state index is -3.27. The van der Waals surface area contributed by atoms with Crippen LogP contribution < -0.4 is 15.6 Å². The maximum absolute atomic E-state index is 13.0. The number of nitrogens with one attached hydrogen (secondary N) is 1. The molecule has 4 rings (SSSR count). The number of aryl methyl sites for hydroxylation is 1. The van der Waals surface area contributed by atoms with Crippen LogP contribution in [-0.4, -0.2) is 46.0 Å². The molecule has 176 valence electrons. The van der Waals surface area contributed by atoms with Gasteiger partial charge in [-0.2, -0.15) is 5.26 Å². The summed E-state index contributed by atoms with van der Waals surface area (Å²) in [5.41, 5.74) is 0.736. The van der Waals surface area contributed by atoms with Crippen LogP contribution in [0.25, 0.3) is 10.9 Å². The number of hydrogen-bond donors (Lipinski definition) is 1. The average molecular weight is 482 g/mol. The van der Waals surface area contributed by atoms with E-state index < -0.39 is 26.1 Å². The van der Waals surface area contributed by atoms with Crippen molar-refractivity contribution < 1.29 is 17.9 Å². The summed E-state index contributed by atoms with van der Waals surface area (Å²) in [5, 5.41) is 12.1. The molecule has 3 heterocycles. The number of carbonyl (C=O) groups is 1. The van der Waals surface area contributed by atoms with E-state index in [0.717, 1.165) is 0 Å². The second-order valence-electron chi connectivity index (χ2n) is 8.20. The van der Waals surface area contributed by atoms with Gasteiger partial charge in [0.25, 0.3) is 11.5 Å². The maximum Gasteiger partial charge on any atom is 0.263 e. The number of aromatic nitrogens is 3. The van der Waals surface area contributed by atoms with E-state index in [1.54, 1.807) is 25.1 Å². The number of pyridine rings is 3. The van der Waals surface area contributed by atoms with E-state index in [-0.39, 0.29) is 36.0 Å². The Bertz CT molecular complexity index is 1470. The van der Waals surface area contributed by atoms with Gasteiger partial charge in [-0.1, -0.05) is 13.0 Å². The Morgan fingerprint density at radius 2 is 2.06 bits per heavy atom. The number of rotatable bonds is 8. The second-order valence-corrected chi connectivity index (χ2v) is 10.9. The molecule has 11 heteroatoms. The van der Waals surface area contributed by atoms with Crippen molar-refractivity contribution in [1.82, 2.24) is 19.9 Å². The van der Waals surface area contributed by atoms with Gasteiger partial charge in [0, 0.05) is 37.1 Å². The number of sulfone groups is 1. The number of carbonyl (C=O) groups excluding carboxylic acids is 1. The summed E-state index contributed by atoms with van der Waals surface area (Å²) in [4.78, 5) is 33.9. The number of nitriles is 1. The first-order chi connectivity index (χ1) is 16.2. The molecule has 1 amide bonds. The standard InChI is InChI=1S/C23H23N5O5S/c1-3-34(31,32)23(7-8-23)14-33-21-19-16(6-9-25-21)10-18(22(30)28(19)2)20(29)27-13-15-4-5-17(11-24)26-12-15/h4-6,9-10,12H,3,7-8,13-14H2,1-2H3,(H,27,29). The number of ether oxygens (including phenoxy) is 1. The number of hydrogen-bond acceptors (Lipinski definition) is 8. The molecule has 1 aliphatic carbocycles. The SMILES string of the molecule is CCS(=O)(=O)C1(COc2nccc3cc(C(=O)NCc4ccc(C#N)nc4)c(=O)n(C)c23)CC1. The molecule has 1 N–H and O–H groups in total. The Labute approximate surface area is 196 Å². The van der Waals surface area contributed by atoms with Crippen molar-refractivity contribution in [2.75, 3.05) is 12.4 Å². The van der Waals surface area contributed by atoms with Crippen molar-refractivity contribution in [1.29, 1.82) is 5.26 Å². The molecular weight excluding hydrogens is 458 g/mol. The molecule has 0 atom stereocenters. The van der Waals surface area contributed by atoms with E-state index in [1.807, 2.05) is 6.07 Å². The Morgan fingerprint density at radius 3 is 2.68 bits per heavy atom. The molecule has 3 aromatic rings. The van der Waals surface area contributed by atoms with Gasteiger partial charge in [-0.25, -0.2) is 18.4 Å². The van der Waals surface area contributed by atoms with Crippen molar-refractivity contribution in [2.45, 2.75) is 31.1 Å². The van der Waals surface area contributed by atoms with E-state index in [9.17, 15) is 18.0 Å². The van der Waals surface area contributed by atoms with Crippen LogP contribution in [0.2, 0.25) is 0 Å². The summed E-state index contributed by atoms with van der Waals surface area (Å²) in [5.74, 6) is -0.378. The van der Waals surface area contributed by atoms with Gasteiger partial charge in [0.2, 0.25) is 5.88 Å². The molecule has 1 saturated carbocycles. The third-order valence-corrected chi connectivity index (χ3v) is 8.65. The quantitative estimate of drug-likeness (QED) is 0.509. The Kier molecular flexibility index (Phi) is 6.10. The van der Waals surface area contributed by atoms with Crippen LogP contribution in [0.5, 0.6) is 5.88 Å². The van der Waals surface area contributed by atoms with Crippen LogP contribution in [-0.2, 0) is 23.4 Å². The molecule has 3 aromatic heterocycles. The minimum Gasteiger partial charge on any atom is -0.474 e. The zero-order chi connectivity index (χ0) is 24.5. The molecule has 0 saturated heterocycles. The normalized spacial score (nSPS) is 14.4. The molecule has 0 aromatic carbocycles. The van der Waals surface area contributed by atoms with Crippen LogP contribution in [0.1, 0.15) is 41.4 Å². The zero-order valence-corrected chi connectivity index (χ0v) is 19.6. The lowest BCUT2D eigenvalue weighted by Crippen LogP contribution is -2.33. The van der Waals surface area contributed by atoms with Gasteiger partial charge < -0.3 is 14.6 Å². The molecule has 0 aliphatic heterocycles.